The summed E-state index contributed by atoms with van der Waals surface area (Å²) in [4.78, 5) is 15.2. The maximum absolute atomic E-state index is 10.9. The van der Waals surface area contributed by atoms with Crippen molar-refractivity contribution in [2.45, 2.75) is 6.54 Å². The molecule has 1 saturated heterocycles. The molecule has 24 heavy (non-hydrogen) atoms. The lowest BCUT2D eigenvalue weighted by Gasteiger charge is -2.36. The van der Waals surface area contributed by atoms with E-state index in [-0.39, 0.29) is 10.6 Å². The molecule has 1 aliphatic heterocycles. The van der Waals surface area contributed by atoms with Crippen LogP contribution in [0.25, 0.3) is 0 Å². The van der Waals surface area contributed by atoms with E-state index in [1.165, 1.54) is 11.8 Å². The molecule has 3 rings (SSSR count). The molecule has 0 radical (unpaired) electrons. The molecule has 0 aromatic heterocycles. The van der Waals surface area contributed by atoms with E-state index in [4.69, 9.17) is 4.74 Å². The molecule has 0 spiro atoms. The van der Waals surface area contributed by atoms with Crippen molar-refractivity contribution < 1.29 is 9.66 Å². The molecule has 2 aromatic carbocycles. The van der Waals surface area contributed by atoms with Crippen LogP contribution in [0.5, 0.6) is 5.75 Å². The van der Waals surface area contributed by atoms with E-state index in [1.807, 2.05) is 18.2 Å². The van der Waals surface area contributed by atoms with E-state index in [9.17, 15) is 10.1 Å². The molecule has 0 atom stereocenters. The molecule has 0 unspecified atom stereocenters. The Labute approximate surface area is 141 Å². The molecule has 0 bridgehead atoms. The minimum Gasteiger partial charge on any atom is -0.497 e. The second-order valence-electron chi connectivity index (χ2n) is 5.89. The standard InChI is InChI=1S/C18H21N3O3/c1-24-18-7-3-5-16(13-18)20-10-8-19(9-11-20)14-15-4-2-6-17(12-15)21(22)23/h2-7,12-13H,8-11,14H2,1H3. The topological polar surface area (TPSA) is 58.8 Å². The number of benzene rings is 2. The first-order chi connectivity index (χ1) is 11.7. The molecule has 6 nitrogen and oxygen atoms in total. The number of hydrogen-bond donors (Lipinski definition) is 0. The molecule has 1 aliphatic rings. The molecule has 0 aliphatic carbocycles. The lowest BCUT2D eigenvalue weighted by atomic mass is 10.1. The number of rotatable bonds is 5. The summed E-state index contributed by atoms with van der Waals surface area (Å²) < 4.78 is 5.28. The number of anilines is 1. The molecule has 0 N–H and O–H groups in total. The number of nitro benzene ring substituents is 1. The van der Waals surface area contributed by atoms with Crippen molar-refractivity contribution in [2.24, 2.45) is 0 Å². The van der Waals surface area contributed by atoms with Gasteiger partial charge in [0.05, 0.1) is 12.0 Å². The molecule has 0 amide bonds. The zero-order valence-electron chi connectivity index (χ0n) is 13.7. The van der Waals surface area contributed by atoms with Gasteiger partial charge in [-0.15, -0.1) is 0 Å². The highest BCUT2D eigenvalue weighted by atomic mass is 16.6. The van der Waals surface area contributed by atoms with Crippen LogP contribution in [0.2, 0.25) is 0 Å². The van der Waals surface area contributed by atoms with Gasteiger partial charge in [0.2, 0.25) is 0 Å². The Balaban J connectivity index is 1.59. The van der Waals surface area contributed by atoms with Crippen LogP contribution >= 0.6 is 0 Å². The second kappa shape index (κ2) is 7.31. The maximum atomic E-state index is 10.9. The summed E-state index contributed by atoms with van der Waals surface area (Å²) in [5.74, 6) is 0.867. The van der Waals surface area contributed by atoms with Crippen molar-refractivity contribution in [3.8, 4) is 5.75 Å². The Bertz CT molecular complexity index is 712. The van der Waals surface area contributed by atoms with Crippen LogP contribution in [0, 0.1) is 10.1 Å². The van der Waals surface area contributed by atoms with E-state index in [1.54, 1.807) is 19.2 Å². The Morgan fingerprint density at radius 2 is 1.83 bits per heavy atom. The van der Waals surface area contributed by atoms with Crippen LogP contribution in [0.3, 0.4) is 0 Å². The summed E-state index contributed by atoms with van der Waals surface area (Å²) in [5, 5.41) is 10.9. The van der Waals surface area contributed by atoms with Gasteiger partial charge in [-0.3, -0.25) is 15.0 Å². The molecule has 2 aromatic rings. The number of hydrogen-bond acceptors (Lipinski definition) is 5. The number of non-ortho nitro benzene ring substituents is 1. The lowest BCUT2D eigenvalue weighted by molar-refractivity contribution is -0.384. The molecule has 0 saturated carbocycles. The van der Waals surface area contributed by atoms with Gasteiger partial charge in [0, 0.05) is 56.6 Å². The third-order valence-electron chi connectivity index (χ3n) is 4.32. The highest BCUT2D eigenvalue weighted by Crippen LogP contribution is 2.23. The highest BCUT2D eigenvalue weighted by molar-refractivity contribution is 5.51. The summed E-state index contributed by atoms with van der Waals surface area (Å²) in [6, 6.07) is 15.0. The van der Waals surface area contributed by atoms with Gasteiger partial charge in [0.15, 0.2) is 0 Å². The Hall–Kier alpha value is -2.60. The fourth-order valence-electron chi connectivity index (χ4n) is 3.00. The van der Waals surface area contributed by atoms with Crippen molar-refractivity contribution >= 4 is 11.4 Å². The van der Waals surface area contributed by atoms with Gasteiger partial charge >= 0.3 is 0 Å². The molecular weight excluding hydrogens is 306 g/mol. The van der Waals surface area contributed by atoms with Crippen LogP contribution in [0.15, 0.2) is 48.5 Å². The quantitative estimate of drug-likeness (QED) is 0.624. The summed E-state index contributed by atoms with van der Waals surface area (Å²) in [6.45, 7) is 4.47. The fraction of sp³-hybridized carbons (Fsp3) is 0.333. The number of methoxy groups -OCH3 is 1. The Morgan fingerprint density at radius 1 is 1.08 bits per heavy atom. The first-order valence-corrected chi connectivity index (χ1v) is 8.00. The molecule has 1 heterocycles. The van der Waals surface area contributed by atoms with Crippen molar-refractivity contribution in [3.05, 3.63) is 64.2 Å². The smallest absolute Gasteiger partial charge is 0.269 e. The van der Waals surface area contributed by atoms with Crippen molar-refractivity contribution in [1.82, 2.24) is 4.90 Å². The van der Waals surface area contributed by atoms with Crippen LogP contribution in [0.1, 0.15) is 5.56 Å². The van der Waals surface area contributed by atoms with Gasteiger partial charge in [-0.2, -0.15) is 0 Å². The average molecular weight is 327 g/mol. The van der Waals surface area contributed by atoms with Gasteiger partial charge in [-0.05, 0) is 17.7 Å². The van der Waals surface area contributed by atoms with E-state index in [0.717, 1.165) is 44.0 Å². The van der Waals surface area contributed by atoms with Crippen molar-refractivity contribution in [2.75, 3.05) is 38.2 Å². The van der Waals surface area contributed by atoms with Crippen LogP contribution in [0.4, 0.5) is 11.4 Å². The molecular formula is C18H21N3O3. The van der Waals surface area contributed by atoms with E-state index in [2.05, 4.69) is 21.9 Å². The van der Waals surface area contributed by atoms with Gasteiger partial charge in [-0.25, -0.2) is 0 Å². The molecule has 6 heteroatoms. The third kappa shape index (κ3) is 3.83. The summed E-state index contributed by atoms with van der Waals surface area (Å²) in [7, 11) is 1.68. The predicted octanol–water partition coefficient (Wildman–Crippen LogP) is 2.93. The zero-order valence-corrected chi connectivity index (χ0v) is 13.7. The molecule has 126 valence electrons. The summed E-state index contributed by atoms with van der Waals surface area (Å²) >= 11 is 0. The minimum atomic E-state index is -0.343. The normalized spacial score (nSPS) is 15.3. The fourth-order valence-corrected chi connectivity index (χ4v) is 3.00. The lowest BCUT2D eigenvalue weighted by Crippen LogP contribution is -2.45. The van der Waals surface area contributed by atoms with Crippen LogP contribution < -0.4 is 9.64 Å². The monoisotopic (exact) mass is 327 g/mol. The number of piperazine rings is 1. The van der Waals surface area contributed by atoms with Crippen molar-refractivity contribution in [3.63, 3.8) is 0 Å². The van der Waals surface area contributed by atoms with Crippen LogP contribution in [-0.2, 0) is 6.54 Å². The van der Waals surface area contributed by atoms with E-state index < -0.39 is 0 Å². The first kappa shape index (κ1) is 16.3. The van der Waals surface area contributed by atoms with Gasteiger partial charge in [0.1, 0.15) is 5.75 Å². The second-order valence-corrected chi connectivity index (χ2v) is 5.89. The highest BCUT2D eigenvalue weighted by Gasteiger charge is 2.18. The minimum absolute atomic E-state index is 0.155. The number of nitro groups is 1. The number of nitrogens with zero attached hydrogens (tertiary/aromatic N) is 3. The van der Waals surface area contributed by atoms with Crippen LogP contribution in [-0.4, -0.2) is 43.1 Å². The third-order valence-corrected chi connectivity index (χ3v) is 4.32. The van der Waals surface area contributed by atoms with Gasteiger partial charge in [0.25, 0.3) is 5.69 Å². The predicted molar refractivity (Wildman–Crippen MR) is 93.6 cm³/mol. The largest absolute Gasteiger partial charge is 0.497 e. The zero-order chi connectivity index (χ0) is 16.9. The van der Waals surface area contributed by atoms with E-state index in [0.29, 0.717) is 0 Å². The average Bonchev–Trinajstić information content (AvgIpc) is 2.62. The van der Waals surface area contributed by atoms with Crippen molar-refractivity contribution in [1.29, 1.82) is 0 Å². The SMILES string of the molecule is COc1cccc(N2CCN(Cc3cccc([N+](=O)[O-])c3)CC2)c1. The van der Waals surface area contributed by atoms with Gasteiger partial charge < -0.3 is 9.64 Å². The Morgan fingerprint density at radius 3 is 2.54 bits per heavy atom. The number of ether oxygens (including phenoxy) is 1. The van der Waals surface area contributed by atoms with Gasteiger partial charge in [-0.1, -0.05) is 18.2 Å². The van der Waals surface area contributed by atoms with E-state index >= 15 is 0 Å². The maximum Gasteiger partial charge on any atom is 0.269 e. The Kier molecular flexibility index (Phi) is 4.96. The molecule has 1 fully saturated rings. The first-order valence-electron chi connectivity index (χ1n) is 8.00. The summed E-state index contributed by atoms with van der Waals surface area (Å²) in [6.07, 6.45) is 0. The summed E-state index contributed by atoms with van der Waals surface area (Å²) in [5.41, 5.74) is 2.31.